The van der Waals surface area contributed by atoms with Gasteiger partial charge in [0.25, 0.3) is 0 Å². The summed E-state index contributed by atoms with van der Waals surface area (Å²) in [5.41, 5.74) is 1.33. The van der Waals surface area contributed by atoms with Gasteiger partial charge in [-0.3, -0.25) is 0 Å². The van der Waals surface area contributed by atoms with Gasteiger partial charge >= 0.3 is 0 Å². The van der Waals surface area contributed by atoms with E-state index in [0.717, 1.165) is 25.3 Å². The van der Waals surface area contributed by atoms with E-state index in [2.05, 4.69) is 43.1 Å². The van der Waals surface area contributed by atoms with Crippen molar-refractivity contribution in [3.05, 3.63) is 24.3 Å². The molecule has 1 N–H and O–H groups in total. The monoisotopic (exact) mass is 248 g/mol. The Bertz CT molecular complexity index is 403. The van der Waals surface area contributed by atoms with Crippen LogP contribution in [0.5, 0.6) is 5.75 Å². The lowest BCUT2D eigenvalue weighted by Crippen LogP contribution is -2.49. The second-order valence-corrected chi connectivity index (χ2v) is 5.66. The van der Waals surface area contributed by atoms with Gasteiger partial charge in [-0.25, -0.2) is 0 Å². The molecule has 3 nitrogen and oxygen atoms in total. The fourth-order valence-electron chi connectivity index (χ4n) is 2.91. The first-order valence-corrected chi connectivity index (χ1v) is 6.69. The highest BCUT2D eigenvalue weighted by molar-refractivity contribution is 5.60. The summed E-state index contributed by atoms with van der Waals surface area (Å²) in [6.07, 6.45) is 1.13. The summed E-state index contributed by atoms with van der Waals surface area (Å²) in [5.74, 6) is 0.958. The SMILES string of the molecule is COc1ccccc1N1C(C)CNCCC1(C)C. The standard InChI is InChI=1S/C15H24N2O/c1-12-11-16-10-9-15(2,3)17(12)13-7-5-6-8-14(13)18-4/h5-8,12,16H,9-11H2,1-4H3. The smallest absolute Gasteiger partial charge is 0.142 e. The summed E-state index contributed by atoms with van der Waals surface area (Å²) >= 11 is 0. The lowest BCUT2D eigenvalue weighted by atomic mass is 9.96. The Balaban J connectivity index is 2.43. The van der Waals surface area contributed by atoms with Crippen LogP contribution in [0.2, 0.25) is 0 Å². The first-order chi connectivity index (χ1) is 8.56. The molecule has 0 amide bonds. The van der Waals surface area contributed by atoms with Crippen molar-refractivity contribution in [1.82, 2.24) is 5.32 Å². The van der Waals surface area contributed by atoms with E-state index in [1.54, 1.807) is 7.11 Å². The second-order valence-electron chi connectivity index (χ2n) is 5.66. The third-order valence-electron chi connectivity index (χ3n) is 3.79. The van der Waals surface area contributed by atoms with Crippen LogP contribution in [0.1, 0.15) is 27.2 Å². The van der Waals surface area contributed by atoms with Crippen LogP contribution in [0.3, 0.4) is 0 Å². The molecular formula is C15H24N2O. The molecule has 0 saturated carbocycles. The topological polar surface area (TPSA) is 24.5 Å². The van der Waals surface area contributed by atoms with Gasteiger partial charge in [-0.05, 0) is 45.9 Å². The van der Waals surface area contributed by atoms with Gasteiger partial charge in [0.1, 0.15) is 5.75 Å². The molecule has 1 fully saturated rings. The maximum absolute atomic E-state index is 5.52. The zero-order chi connectivity index (χ0) is 13.2. The molecule has 0 aromatic heterocycles. The van der Waals surface area contributed by atoms with Crippen LogP contribution >= 0.6 is 0 Å². The summed E-state index contributed by atoms with van der Waals surface area (Å²) in [7, 11) is 1.74. The highest BCUT2D eigenvalue weighted by Gasteiger charge is 2.33. The number of para-hydroxylation sites is 2. The molecule has 1 unspecified atom stereocenters. The Morgan fingerprint density at radius 1 is 1.33 bits per heavy atom. The minimum atomic E-state index is 0.136. The minimum Gasteiger partial charge on any atom is -0.495 e. The van der Waals surface area contributed by atoms with Crippen molar-refractivity contribution >= 4 is 5.69 Å². The van der Waals surface area contributed by atoms with Crippen molar-refractivity contribution in [3.8, 4) is 5.75 Å². The van der Waals surface area contributed by atoms with Gasteiger partial charge in [0, 0.05) is 18.1 Å². The maximum atomic E-state index is 5.52. The number of hydrogen-bond donors (Lipinski definition) is 1. The third-order valence-corrected chi connectivity index (χ3v) is 3.79. The molecule has 0 radical (unpaired) electrons. The number of ether oxygens (including phenoxy) is 1. The molecule has 0 bridgehead atoms. The van der Waals surface area contributed by atoms with E-state index in [4.69, 9.17) is 4.74 Å². The quantitative estimate of drug-likeness (QED) is 0.871. The number of nitrogens with one attached hydrogen (secondary N) is 1. The molecule has 1 aliphatic heterocycles. The number of anilines is 1. The molecule has 2 rings (SSSR count). The van der Waals surface area contributed by atoms with Gasteiger partial charge in [0.05, 0.1) is 12.8 Å². The molecule has 1 aliphatic rings. The van der Waals surface area contributed by atoms with Gasteiger partial charge in [0.2, 0.25) is 0 Å². The van der Waals surface area contributed by atoms with Crippen LogP contribution in [-0.4, -0.2) is 31.8 Å². The van der Waals surface area contributed by atoms with Crippen molar-refractivity contribution in [2.45, 2.75) is 38.8 Å². The minimum absolute atomic E-state index is 0.136. The van der Waals surface area contributed by atoms with Crippen LogP contribution in [0.25, 0.3) is 0 Å². The third kappa shape index (κ3) is 2.46. The molecule has 0 spiro atoms. The van der Waals surface area contributed by atoms with Gasteiger partial charge < -0.3 is 15.0 Å². The van der Waals surface area contributed by atoms with Crippen LogP contribution < -0.4 is 15.0 Å². The first-order valence-electron chi connectivity index (χ1n) is 6.69. The van der Waals surface area contributed by atoms with Crippen molar-refractivity contribution < 1.29 is 4.74 Å². The number of methoxy groups -OCH3 is 1. The molecule has 100 valence electrons. The number of hydrogen-bond acceptors (Lipinski definition) is 3. The first kappa shape index (κ1) is 13.2. The van der Waals surface area contributed by atoms with Crippen LogP contribution in [0.15, 0.2) is 24.3 Å². The van der Waals surface area contributed by atoms with Crippen molar-refractivity contribution in [3.63, 3.8) is 0 Å². The average molecular weight is 248 g/mol. The molecule has 1 saturated heterocycles. The van der Waals surface area contributed by atoms with E-state index in [0.29, 0.717) is 6.04 Å². The lowest BCUT2D eigenvalue weighted by molar-refractivity contribution is 0.392. The predicted octanol–water partition coefficient (Wildman–Crippen LogP) is 2.66. The Morgan fingerprint density at radius 3 is 2.78 bits per heavy atom. The van der Waals surface area contributed by atoms with E-state index in [-0.39, 0.29) is 5.54 Å². The Labute approximate surface area is 110 Å². The van der Waals surface area contributed by atoms with Crippen molar-refractivity contribution in [2.24, 2.45) is 0 Å². The van der Waals surface area contributed by atoms with Gasteiger partial charge in [-0.2, -0.15) is 0 Å². The number of rotatable bonds is 2. The van der Waals surface area contributed by atoms with Crippen LogP contribution in [0.4, 0.5) is 5.69 Å². The van der Waals surface area contributed by atoms with E-state index in [9.17, 15) is 0 Å². The van der Waals surface area contributed by atoms with Crippen LogP contribution in [-0.2, 0) is 0 Å². The molecule has 1 aromatic carbocycles. The fraction of sp³-hybridized carbons (Fsp3) is 0.600. The fourth-order valence-corrected chi connectivity index (χ4v) is 2.91. The normalized spacial score (nSPS) is 23.6. The number of benzene rings is 1. The highest BCUT2D eigenvalue weighted by Crippen LogP contribution is 2.36. The second kappa shape index (κ2) is 5.19. The zero-order valence-electron chi connectivity index (χ0n) is 11.9. The predicted molar refractivity (Wildman–Crippen MR) is 76.5 cm³/mol. The van der Waals surface area contributed by atoms with Crippen LogP contribution in [0, 0.1) is 0 Å². The molecule has 1 atom stereocenters. The number of nitrogens with zero attached hydrogens (tertiary/aromatic N) is 1. The van der Waals surface area contributed by atoms with Crippen molar-refractivity contribution in [2.75, 3.05) is 25.1 Å². The highest BCUT2D eigenvalue weighted by atomic mass is 16.5. The summed E-state index contributed by atoms with van der Waals surface area (Å²) in [5, 5.41) is 3.51. The largest absolute Gasteiger partial charge is 0.495 e. The molecule has 0 aliphatic carbocycles. The van der Waals surface area contributed by atoms with Crippen molar-refractivity contribution in [1.29, 1.82) is 0 Å². The van der Waals surface area contributed by atoms with Gasteiger partial charge in [-0.15, -0.1) is 0 Å². The van der Waals surface area contributed by atoms with Gasteiger partial charge in [0.15, 0.2) is 0 Å². The summed E-state index contributed by atoms with van der Waals surface area (Å²) in [6, 6.07) is 8.76. The average Bonchev–Trinajstić information content (AvgIpc) is 2.47. The Kier molecular flexibility index (Phi) is 3.81. The molecule has 1 heterocycles. The van der Waals surface area contributed by atoms with Gasteiger partial charge in [-0.1, -0.05) is 12.1 Å². The summed E-state index contributed by atoms with van der Waals surface area (Å²) in [6.45, 7) is 8.98. The molecular weight excluding hydrogens is 224 g/mol. The lowest BCUT2D eigenvalue weighted by Gasteiger charge is -2.43. The summed E-state index contributed by atoms with van der Waals surface area (Å²) < 4.78 is 5.52. The Hall–Kier alpha value is -1.22. The van der Waals surface area contributed by atoms with E-state index < -0.39 is 0 Å². The molecule has 18 heavy (non-hydrogen) atoms. The van der Waals surface area contributed by atoms with E-state index >= 15 is 0 Å². The van der Waals surface area contributed by atoms with E-state index in [1.807, 2.05) is 12.1 Å². The molecule has 1 aromatic rings. The summed E-state index contributed by atoms with van der Waals surface area (Å²) in [4.78, 5) is 2.49. The zero-order valence-corrected chi connectivity index (χ0v) is 11.9. The maximum Gasteiger partial charge on any atom is 0.142 e. The molecule has 3 heteroatoms. The van der Waals surface area contributed by atoms with E-state index in [1.165, 1.54) is 5.69 Å². The Morgan fingerprint density at radius 2 is 2.06 bits per heavy atom.